The summed E-state index contributed by atoms with van der Waals surface area (Å²) in [6, 6.07) is 10.9. The minimum atomic E-state index is -0.243. The maximum absolute atomic E-state index is 10.5. The van der Waals surface area contributed by atoms with Gasteiger partial charge < -0.3 is 23.9 Å². The van der Waals surface area contributed by atoms with Crippen LogP contribution in [0.4, 0.5) is 0 Å². The number of rotatable bonds is 4. The van der Waals surface area contributed by atoms with E-state index in [2.05, 4.69) is 4.98 Å². The van der Waals surface area contributed by atoms with E-state index in [4.69, 9.17) is 14.2 Å². The van der Waals surface area contributed by atoms with Crippen LogP contribution < -0.4 is 14.2 Å². The Kier molecular flexibility index (Phi) is 3.49. The quantitative estimate of drug-likeness (QED) is 0.799. The van der Waals surface area contributed by atoms with Crippen LogP contribution in [0.5, 0.6) is 23.0 Å². The molecule has 0 aliphatic carbocycles. The zero-order chi connectivity index (χ0) is 16.5. The minimum Gasteiger partial charge on any atom is -0.507 e. The average molecular weight is 324 g/mol. The van der Waals surface area contributed by atoms with Crippen LogP contribution in [0.25, 0.3) is 0 Å². The molecule has 0 saturated carbocycles. The summed E-state index contributed by atoms with van der Waals surface area (Å²) in [5, 5.41) is 10.5. The summed E-state index contributed by atoms with van der Waals surface area (Å²) >= 11 is 0. The third-order valence-electron chi connectivity index (χ3n) is 4.07. The van der Waals surface area contributed by atoms with Crippen molar-refractivity contribution in [2.24, 2.45) is 0 Å². The zero-order valence-electron chi connectivity index (χ0n) is 13.0. The maximum Gasteiger partial charge on any atom is 0.231 e. The van der Waals surface area contributed by atoms with Gasteiger partial charge in [0.25, 0.3) is 0 Å². The van der Waals surface area contributed by atoms with Gasteiger partial charge in [0, 0.05) is 24.0 Å². The van der Waals surface area contributed by atoms with Gasteiger partial charge in [-0.1, -0.05) is 12.1 Å². The highest BCUT2D eigenvalue weighted by Crippen LogP contribution is 2.42. The van der Waals surface area contributed by atoms with Gasteiger partial charge in [-0.25, -0.2) is 4.98 Å². The molecule has 0 radical (unpaired) electrons. The summed E-state index contributed by atoms with van der Waals surface area (Å²) in [5.41, 5.74) is 1.70. The number of phenolic OH excluding ortho intramolecular Hbond substituents is 1. The van der Waals surface area contributed by atoms with E-state index in [1.807, 2.05) is 41.1 Å². The van der Waals surface area contributed by atoms with Crippen LogP contribution in [-0.4, -0.2) is 28.6 Å². The number of hydrogen-bond acceptors (Lipinski definition) is 5. The molecule has 2 aromatic carbocycles. The van der Waals surface area contributed by atoms with Gasteiger partial charge in [0.2, 0.25) is 6.79 Å². The normalized spacial score (nSPS) is 13.7. The molecule has 122 valence electrons. The van der Waals surface area contributed by atoms with Crippen molar-refractivity contribution in [2.45, 2.75) is 6.04 Å². The first-order valence-electron chi connectivity index (χ1n) is 7.50. The van der Waals surface area contributed by atoms with Crippen molar-refractivity contribution in [2.75, 3.05) is 13.9 Å². The van der Waals surface area contributed by atoms with Crippen LogP contribution in [0.15, 0.2) is 55.1 Å². The fourth-order valence-electron chi connectivity index (χ4n) is 2.89. The molecule has 1 N–H and O–H groups in total. The lowest BCUT2D eigenvalue weighted by Gasteiger charge is -2.21. The fraction of sp³-hybridized carbons (Fsp3) is 0.167. The molecule has 6 heteroatoms. The molecule has 1 aliphatic rings. The predicted octanol–water partition coefficient (Wildman–Crippen LogP) is 2.96. The second kappa shape index (κ2) is 5.81. The van der Waals surface area contributed by atoms with Gasteiger partial charge >= 0.3 is 0 Å². The molecule has 2 heterocycles. The Balaban J connectivity index is 1.84. The van der Waals surface area contributed by atoms with E-state index >= 15 is 0 Å². The van der Waals surface area contributed by atoms with Crippen molar-refractivity contribution in [3.63, 3.8) is 0 Å². The van der Waals surface area contributed by atoms with Crippen molar-refractivity contribution in [3.05, 3.63) is 66.2 Å². The van der Waals surface area contributed by atoms with E-state index in [1.165, 1.54) is 0 Å². The number of aromatic nitrogens is 2. The standard InChI is InChI=1S/C18H16N2O4/c1-22-13-4-2-12(3-5-13)18(20-7-6-19-10-20)14-8-16-17(9-15(14)21)24-11-23-16/h2-10,18,21H,11H2,1H3/t18-/m0/s1. The molecule has 24 heavy (non-hydrogen) atoms. The van der Waals surface area contributed by atoms with E-state index in [9.17, 15) is 5.11 Å². The molecule has 0 fully saturated rings. The second-order valence-electron chi connectivity index (χ2n) is 5.45. The highest BCUT2D eigenvalue weighted by atomic mass is 16.7. The molecule has 4 rings (SSSR count). The van der Waals surface area contributed by atoms with Crippen LogP contribution in [-0.2, 0) is 0 Å². The van der Waals surface area contributed by atoms with Crippen LogP contribution in [0, 0.1) is 0 Å². The number of benzene rings is 2. The number of fused-ring (bicyclic) bond motifs is 1. The summed E-state index contributed by atoms with van der Waals surface area (Å²) in [6.45, 7) is 0.163. The van der Waals surface area contributed by atoms with E-state index in [1.54, 1.807) is 25.7 Å². The van der Waals surface area contributed by atoms with Gasteiger partial charge in [-0.05, 0) is 23.8 Å². The Hall–Kier alpha value is -3.15. The third-order valence-corrected chi connectivity index (χ3v) is 4.07. The van der Waals surface area contributed by atoms with E-state index in [0.29, 0.717) is 17.1 Å². The van der Waals surface area contributed by atoms with Crippen molar-refractivity contribution in [1.29, 1.82) is 0 Å². The maximum atomic E-state index is 10.5. The van der Waals surface area contributed by atoms with Gasteiger partial charge in [0.15, 0.2) is 11.5 Å². The Labute approximate surface area is 138 Å². The van der Waals surface area contributed by atoms with Crippen molar-refractivity contribution in [1.82, 2.24) is 9.55 Å². The molecular formula is C18H16N2O4. The first-order chi connectivity index (χ1) is 11.8. The first-order valence-corrected chi connectivity index (χ1v) is 7.50. The summed E-state index contributed by atoms with van der Waals surface area (Å²) in [6.07, 6.45) is 5.29. The summed E-state index contributed by atoms with van der Waals surface area (Å²) in [4.78, 5) is 4.13. The number of ether oxygens (including phenoxy) is 3. The number of methoxy groups -OCH3 is 1. The highest BCUT2D eigenvalue weighted by molar-refractivity contribution is 5.54. The van der Waals surface area contributed by atoms with Crippen molar-refractivity contribution < 1.29 is 19.3 Å². The number of phenols is 1. The highest BCUT2D eigenvalue weighted by Gasteiger charge is 2.24. The minimum absolute atomic E-state index is 0.147. The Morgan fingerprint density at radius 3 is 2.58 bits per heavy atom. The molecule has 1 aromatic heterocycles. The summed E-state index contributed by atoms with van der Waals surface area (Å²) in [5.74, 6) is 2.10. The molecule has 1 aliphatic heterocycles. The van der Waals surface area contributed by atoms with Crippen molar-refractivity contribution >= 4 is 0 Å². The number of aromatic hydroxyl groups is 1. The SMILES string of the molecule is COc1ccc([C@@H](c2cc3c(cc2O)OCO3)n2ccnc2)cc1. The Morgan fingerprint density at radius 2 is 1.92 bits per heavy atom. The van der Waals surface area contributed by atoms with Crippen LogP contribution >= 0.6 is 0 Å². The predicted molar refractivity (Wildman–Crippen MR) is 86.7 cm³/mol. The van der Waals surface area contributed by atoms with Crippen LogP contribution in [0.3, 0.4) is 0 Å². The van der Waals surface area contributed by atoms with Gasteiger partial charge in [-0.15, -0.1) is 0 Å². The number of nitrogens with zero attached hydrogens (tertiary/aromatic N) is 2. The average Bonchev–Trinajstić information content (AvgIpc) is 3.27. The lowest BCUT2D eigenvalue weighted by Crippen LogP contribution is -2.11. The lowest BCUT2D eigenvalue weighted by molar-refractivity contribution is 0.174. The Bertz CT molecular complexity index is 844. The van der Waals surface area contributed by atoms with Crippen LogP contribution in [0.1, 0.15) is 17.2 Å². The van der Waals surface area contributed by atoms with Gasteiger partial charge in [-0.2, -0.15) is 0 Å². The number of hydrogen-bond donors (Lipinski definition) is 1. The second-order valence-corrected chi connectivity index (χ2v) is 5.45. The lowest BCUT2D eigenvalue weighted by atomic mass is 9.97. The summed E-state index contributed by atoms with van der Waals surface area (Å²) in [7, 11) is 1.63. The molecule has 0 bridgehead atoms. The molecule has 0 saturated heterocycles. The van der Waals surface area contributed by atoms with Crippen molar-refractivity contribution in [3.8, 4) is 23.0 Å². The fourth-order valence-corrected chi connectivity index (χ4v) is 2.89. The molecule has 6 nitrogen and oxygen atoms in total. The molecule has 1 atom stereocenters. The largest absolute Gasteiger partial charge is 0.507 e. The van der Waals surface area contributed by atoms with Crippen LogP contribution in [0.2, 0.25) is 0 Å². The Morgan fingerprint density at radius 1 is 1.17 bits per heavy atom. The molecule has 0 spiro atoms. The molecular weight excluding hydrogens is 308 g/mol. The van der Waals surface area contributed by atoms with E-state index < -0.39 is 0 Å². The monoisotopic (exact) mass is 324 g/mol. The molecule has 0 unspecified atom stereocenters. The first kappa shape index (κ1) is 14.4. The summed E-state index contributed by atoms with van der Waals surface area (Å²) < 4.78 is 17.9. The molecule has 3 aromatic rings. The number of imidazole rings is 1. The van der Waals surface area contributed by atoms with Gasteiger partial charge in [-0.3, -0.25) is 0 Å². The van der Waals surface area contributed by atoms with Gasteiger partial charge in [0.1, 0.15) is 11.5 Å². The van der Waals surface area contributed by atoms with E-state index in [0.717, 1.165) is 11.3 Å². The van der Waals surface area contributed by atoms with E-state index in [-0.39, 0.29) is 18.6 Å². The third kappa shape index (κ3) is 2.42. The van der Waals surface area contributed by atoms with Gasteiger partial charge in [0.05, 0.1) is 19.5 Å². The smallest absolute Gasteiger partial charge is 0.231 e. The molecule has 0 amide bonds. The topological polar surface area (TPSA) is 65.7 Å². The zero-order valence-corrected chi connectivity index (χ0v) is 13.0.